The number of anilines is 2. The number of ether oxygens (including phenoxy) is 1. The molecular weight excluding hydrogens is 472 g/mol. The van der Waals surface area contributed by atoms with E-state index in [0.717, 1.165) is 20.5 Å². The molecule has 1 aromatic carbocycles. The van der Waals surface area contributed by atoms with Crippen molar-refractivity contribution in [3.63, 3.8) is 0 Å². The molecule has 3 rings (SSSR count). The summed E-state index contributed by atoms with van der Waals surface area (Å²) in [5, 5.41) is 1.63. The number of carbonyl (C=O) groups excluding carboxylic acids is 2. The van der Waals surface area contributed by atoms with Crippen LogP contribution in [0.5, 0.6) is 0 Å². The van der Waals surface area contributed by atoms with Gasteiger partial charge in [-0.15, -0.1) is 11.3 Å². The maximum Gasteiger partial charge on any atom is 0.338 e. The third-order valence-corrected chi connectivity index (χ3v) is 7.52. The van der Waals surface area contributed by atoms with Crippen LogP contribution >= 0.6 is 11.3 Å². The standard InChI is InChI=1S/C20H20N4O7S2/c1-11(16(25)15-17(21)23(2)20(28)24(3)18(15)26)31-19(27)12-6-8-13(9-7-12)22-33(29,30)14-5-4-10-32-14/h4-11,22H,21H2,1-3H3. The van der Waals surface area contributed by atoms with Crippen LogP contribution in [0.4, 0.5) is 11.5 Å². The Hall–Kier alpha value is -3.71. The number of hydrogen-bond donors (Lipinski definition) is 2. The van der Waals surface area contributed by atoms with Crippen LogP contribution in [-0.2, 0) is 28.9 Å². The topological polar surface area (TPSA) is 160 Å². The van der Waals surface area contributed by atoms with E-state index in [1.54, 1.807) is 11.4 Å². The van der Waals surface area contributed by atoms with Crippen molar-refractivity contribution in [1.29, 1.82) is 0 Å². The number of benzene rings is 1. The van der Waals surface area contributed by atoms with Crippen LogP contribution in [0.2, 0.25) is 0 Å². The maximum absolute atomic E-state index is 12.7. The summed E-state index contributed by atoms with van der Waals surface area (Å²) in [7, 11) is -1.24. The van der Waals surface area contributed by atoms with Crippen LogP contribution in [0.15, 0.2) is 55.6 Å². The molecule has 2 aromatic heterocycles. The Morgan fingerprint density at radius 2 is 1.73 bits per heavy atom. The predicted molar refractivity (Wildman–Crippen MR) is 122 cm³/mol. The van der Waals surface area contributed by atoms with Gasteiger partial charge in [0, 0.05) is 19.8 Å². The number of nitrogens with zero attached hydrogens (tertiary/aromatic N) is 2. The number of aromatic nitrogens is 2. The first-order valence-corrected chi connectivity index (χ1v) is 11.8. The summed E-state index contributed by atoms with van der Waals surface area (Å²) >= 11 is 1.06. The van der Waals surface area contributed by atoms with Gasteiger partial charge in [0.1, 0.15) is 15.6 Å². The van der Waals surface area contributed by atoms with E-state index in [0.29, 0.717) is 0 Å². The summed E-state index contributed by atoms with van der Waals surface area (Å²) in [6.45, 7) is 1.27. The Morgan fingerprint density at radius 1 is 1.09 bits per heavy atom. The van der Waals surface area contributed by atoms with Gasteiger partial charge < -0.3 is 10.5 Å². The van der Waals surface area contributed by atoms with Gasteiger partial charge in [-0.3, -0.25) is 23.4 Å². The number of nitrogen functional groups attached to an aromatic ring is 1. The molecule has 0 saturated heterocycles. The largest absolute Gasteiger partial charge is 0.451 e. The Bertz CT molecular complexity index is 1440. The van der Waals surface area contributed by atoms with Gasteiger partial charge in [-0.25, -0.2) is 18.0 Å². The maximum atomic E-state index is 12.7. The van der Waals surface area contributed by atoms with Crippen molar-refractivity contribution >= 4 is 44.6 Å². The minimum atomic E-state index is -3.74. The SMILES string of the molecule is CC(OC(=O)c1ccc(NS(=O)(=O)c2cccs2)cc1)C(=O)c1c(N)n(C)c(=O)n(C)c1=O. The molecule has 0 amide bonds. The third kappa shape index (κ3) is 4.73. The van der Waals surface area contributed by atoms with E-state index in [1.807, 2.05) is 0 Å². The average molecular weight is 493 g/mol. The number of carbonyl (C=O) groups is 2. The van der Waals surface area contributed by atoms with E-state index in [9.17, 15) is 27.6 Å². The molecule has 0 radical (unpaired) electrons. The van der Waals surface area contributed by atoms with Crippen molar-refractivity contribution in [2.24, 2.45) is 14.1 Å². The van der Waals surface area contributed by atoms with Crippen LogP contribution in [0.25, 0.3) is 0 Å². The zero-order valence-corrected chi connectivity index (χ0v) is 19.4. The van der Waals surface area contributed by atoms with Crippen LogP contribution in [0, 0.1) is 0 Å². The predicted octanol–water partition coefficient (Wildman–Crippen LogP) is 0.957. The van der Waals surface area contributed by atoms with Crippen LogP contribution in [0.3, 0.4) is 0 Å². The van der Waals surface area contributed by atoms with Crippen molar-refractivity contribution in [3.8, 4) is 0 Å². The summed E-state index contributed by atoms with van der Waals surface area (Å²) in [5.41, 5.74) is 3.99. The highest BCUT2D eigenvalue weighted by Gasteiger charge is 2.27. The molecule has 33 heavy (non-hydrogen) atoms. The Kier molecular flexibility index (Phi) is 6.56. The van der Waals surface area contributed by atoms with Gasteiger partial charge in [0.05, 0.1) is 5.56 Å². The highest BCUT2D eigenvalue weighted by atomic mass is 32.2. The van der Waals surface area contributed by atoms with Gasteiger partial charge in [0.2, 0.25) is 5.78 Å². The molecule has 0 aliphatic rings. The highest BCUT2D eigenvalue weighted by molar-refractivity contribution is 7.94. The first-order valence-electron chi connectivity index (χ1n) is 9.41. The van der Waals surface area contributed by atoms with Crippen molar-refractivity contribution in [1.82, 2.24) is 9.13 Å². The first-order chi connectivity index (χ1) is 15.4. The molecule has 0 bridgehead atoms. The molecule has 3 aromatic rings. The quantitative estimate of drug-likeness (QED) is 0.364. The van der Waals surface area contributed by atoms with Gasteiger partial charge in [-0.05, 0) is 42.6 Å². The van der Waals surface area contributed by atoms with Crippen molar-refractivity contribution in [3.05, 3.63) is 73.7 Å². The summed E-state index contributed by atoms with van der Waals surface area (Å²) in [4.78, 5) is 49.4. The molecule has 0 spiro atoms. The number of nitrogens with two attached hydrogens (primary N) is 1. The number of esters is 1. The van der Waals surface area contributed by atoms with Gasteiger partial charge >= 0.3 is 11.7 Å². The van der Waals surface area contributed by atoms with Crippen LogP contribution < -0.4 is 21.7 Å². The zero-order chi connectivity index (χ0) is 24.5. The number of nitrogens with one attached hydrogen (secondary N) is 1. The molecular formula is C20H20N4O7S2. The Morgan fingerprint density at radius 3 is 2.30 bits per heavy atom. The van der Waals surface area contributed by atoms with E-state index in [4.69, 9.17) is 10.5 Å². The average Bonchev–Trinajstić information content (AvgIpc) is 3.32. The summed E-state index contributed by atoms with van der Waals surface area (Å²) in [6, 6.07) is 8.46. The first kappa shape index (κ1) is 23.9. The molecule has 174 valence electrons. The fourth-order valence-electron chi connectivity index (χ4n) is 2.87. The molecule has 0 aliphatic carbocycles. The monoisotopic (exact) mass is 492 g/mol. The van der Waals surface area contributed by atoms with E-state index >= 15 is 0 Å². The number of Topliss-reactive ketones (excluding diaryl/α,β-unsaturated/α-hetero) is 1. The molecule has 11 nitrogen and oxygen atoms in total. The highest BCUT2D eigenvalue weighted by Crippen LogP contribution is 2.21. The number of thiophene rings is 1. The van der Waals surface area contributed by atoms with Crippen molar-refractivity contribution in [2.75, 3.05) is 10.5 Å². The third-order valence-electron chi connectivity index (χ3n) is 4.74. The lowest BCUT2D eigenvalue weighted by Crippen LogP contribution is -2.43. The summed E-state index contributed by atoms with van der Waals surface area (Å²) in [5.74, 6) is -2.07. The minimum Gasteiger partial charge on any atom is -0.451 e. The second kappa shape index (κ2) is 9.03. The molecule has 0 saturated carbocycles. The second-order valence-corrected chi connectivity index (χ2v) is 9.85. The molecule has 1 atom stereocenters. The van der Waals surface area contributed by atoms with Crippen LogP contribution in [0.1, 0.15) is 27.6 Å². The second-order valence-electron chi connectivity index (χ2n) is 6.99. The normalized spacial score (nSPS) is 12.2. The van der Waals surface area contributed by atoms with E-state index in [2.05, 4.69) is 4.72 Å². The number of rotatable bonds is 7. The van der Waals surface area contributed by atoms with Gasteiger partial charge in [0.25, 0.3) is 15.6 Å². The number of sulfonamides is 1. The summed E-state index contributed by atoms with van der Waals surface area (Å²) in [6.07, 6.45) is -1.37. The van der Waals surface area contributed by atoms with E-state index in [1.165, 1.54) is 51.4 Å². The number of ketones is 1. The van der Waals surface area contributed by atoms with E-state index in [-0.39, 0.29) is 21.3 Å². The molecule has 0 aliphatic heterocycles. The smallest absolute Gasteiger partial charge is 0.338 e. The Labute approximate surface area is 192 Å². The molecule has 3 N–H and O–H groups in total. The minimum absolute atomic E-state index is 0.0510. The van der Waals surface area contributed by atoms with Gasteiger partial charge in [-0.1, -0.05) is 6.07 Å². The lowest BCUT2D eigenvalue weighted by Gasteiger charge is -2.15. The fourth-order valence-corrected chi connectivity index (χ4v) is 4.92. The lowest BCUT2D eigenvalue weighted by molar-refractivity contribution is 0.0318. The lowest BCUT2D eigenvalue weighted by atomic mass is 10.1. The fraction of sp³-hybridized carbons (Fsp3) is 0.200. The molecule has 0 fully saturated rings. The van der Waals surface area contributed by atoms with Crippen molar-refractivity contribution in [2.45, 2.75) is 17.2 Å². The zero-order valence-electron chi connectivity index (χ0n) is 17.8. The van der Waals surface area contributed by atoms with E-state index < -0.39 is 44.7 Å². The van der Waals surface area contributed by atoms with Crippen molar-refractivity contribution < 1.29 is 22.7 Å². The van der Waals surface area contributed by atoms with Crippen LogP contribution in [-0.4, -0.2) is 35.4 Å². The molecule has 1 unspecified atom stereocenters. The number of hydrogen-bond acceptors (Lipinski definition) is 9. The Balaban J connectivity index is 1.75. The van der Waals surface area contributed by atoms with Gasteiger partial charge in [-0.2, -0.15) is 0 Å². The van der Waals surface area contributed by atoms with Gasteiger partial charge in [0.15, 0.2) is 6.10 Å². The summed E-state index contributed by atoms with van der Waals surface area (Å²) < 4.78 is 33.9. The molecule has 13 heteroatoms. The molecule has 2 heterocycles.